The third-order valence-corrected chi connectivity index (χ3v) is 13.5. The highest BCUT2D eigenvalue weighted by Gasteiger charge is 2.26. The molecule has 0 saturated carbocycles. The van der Waals surface area contributed by atoms with Gasteiger partial charge in [-0.05, 0) is 116 Å². The maximum Gasteiger partial charge on any atom is 0.472 e. The highest BCUT2D eigenvalue weighted by Crippen LogP contribution is 2.43. The number of carbonyl (C=O) groups is 2. The van der Waals surface area contributed by atoms with E-state index in [1.54, 1.807) is 0 Å². The van der Waals surface area contributed by atoms with Crippen molar-refractivity contribution < 1.29 is 37.6 Å². The van der Waals surface area contributed by atoms with E-state index in [1.165, 1.54) is 96.3 Å². The lowest BCUT2D eigenvalue weighted by Gasteiger charge is -2.19. The molecule has 0 aliphatic heterocycles. The molecule has 0 spiro atoms. The second-order valence-electron chi connectivity index (χ2n) is 19.8. The summed E-state index contributed by atoms with van der Waals surface area (Å²) in [4.78, 5) is 35.2. The van der Waals surface area contributed by atoms with E-state index in [4.69, 9.17) is 24.3 Å². The molecule has 77 heavy (non-hydrogen) atoms. The first-order valence-corrected chi connectivity index (χ1v) is 32.2. The fourth-order valence-corrected chi connectivity index (χ4v) is 8.78. The fourth-order valence-electron chi connectivity index (χ4n) is 8.01. The SMILES string of the molecule is CC/C=C\C/C=C\C/C=C\C/C=C\C/C=C\C/C=C\C/C=C\C/C=C\C/C=C\CCCCCCCC(=O)OC(COC(=O)CCCCCCCCCCCCC/C=C\C/C=C\CCCCCCC)COP(=O)(O)OCCN. The van der Waals surface area contributed by atoms with Crippen molar-refractivity contribution in [3.63, 3.8) is 0 Å². The molecule has 0 amide bonds. The minimum absolute atomic E-state index is 0.0428. The van der Waals surface area contributed by atoms with Gasteiger partial charge in [0, 0.05) is 19.4 Å². The van der Waals surface area contributed by atoms with Crippen LogP contribution in [0.2, 0.25) is 0 Å². The quantitative estimate of drug-likeness (QED) is 0.0264. The molecule has 0 aliphatic rings. The van der Waals surface area contributed by atoms with Crippen LogP contribution in [0.15, 0.2) is 134 Å². The number of esters is 2. The molecule has 0 aromatic heterocycles. The first kappa shape index (κ1) is 73.2. The second kappa shape index (κ2) is 61.4. The van der Waals surface area contributed by atoms with Gasteiger partial charge in [0.25, 0.3) is 0 Å². The summed E-state index contributed by atoms with van der Waals surface area (Å²) in [7, 11) is -4.41. The van der Waals surface area contributed by atoms with Crippen LogP contribution >= 0.6 is 7.82 Å². The molecule has 10 heteroatoms. The number of carbonyl (C=O) groups excluding carboxylic acids is 2. The molecule has 0 aromatic carbocycles. The molecule has 2 atom stereocenters. The lowest BCUT2D eigenvalue weighted by molar-refractivity contribution is -0.161. The highest BCUT2D eigenvalue weighted by atomic mass is 31.2. The monoisotopic (exact) mass is 1090 g/mol. The number of hydrogen-bond acceptors (Lipinski definition) is 8. The van der Waals surface area contributed by atoms with Crippen molar-refractivity contribution >= 4 is 19.8 Å². The van der Waals surface area contributed by atoms with Crippen molar-refractivity contribution in [3.8, 4) is 0 Å². The van der Waals surface area contributed by atoms with Crippen molar-refractivity contribution in [2.45, 2.75) is 251 Å². The van der Waals surface area contributed by atoms with Crippen LogP contribution in [0.1, 0.15) is 245 Å². The number of phosphoric acid groups is 1. The summed E-state index contributed by atoms with van der Waals surface area (Å²) in [5, 5.41) is 0. The lowest BCUT2D eigenvalue weighted by Crippen LogP contribution is -2.29. The molecule has 3 N–H and O–H groups in total. The maximum atomic E-state index is 12.7. The zero-order valence-corrected chi connectivity index (χ0v) is 49.8. The van der Waals surface area contributed by atoms with Crippen LogP contribution in [0.3, 0.4) is 0 Å². The Bertz CT molecular complexity index is 1720. The molecule has 0 fully saturated rings. The average Bonchev–Trinajstić information content (AvgIpc) is 3.42. The van der Waals surface area contributed by atoms with Gasteiger partial charge >= 0.3 is 19.8 Å². The summed E-state index contributed by atoms with van der Waals surface area (Å²) in [6.45, 7) is 3.59. The topological polar surface area (TPSA) is 134 Å². The van der Waals surface area contributed by atoms with Crippen molar-refractivity contribution in [1.29, 1.82) is 0 Å². The Balaban J connectivity index is 4.06. The number of nitrogens with two attached hydrogens (primary N) is 1. The maximum absolute atomic E-state index is 12.7. The first-order chi connectivity index (χ1) is 37.8. The normalized spacial score (nSPS) is 14.0. The van der Waals surface area contributed by atoms with Crippen LogP contribution in [-0.2, 0) is 32.7 Å². The standard InChI is InChI=1S/C67H112NO8P/c1-3-5-7-9-11-13-15-17-19-21-23-25-27-28-29-30-31-32-33-34-35-36-38-40-42-44-46-48-50-52-54-56-58-60-67(70)76-65(64-75-77(71,72)74-62-61-68)63-73-66(69)59-57-55-53-51-49-47-45-43-41-39-37-26-24-22-20-18-16-14-12-10-8-6-4-2/h5,7,11,13,16-19,22-25,28-29,31-32,34-35,38,40,44,46,65H,3-4,6,8-10,12,14-15,20-21,26-27,30,33,36-37,39,41-43,45,47-64,68H2,1-2H3,(H,71,72)/b7-5-,13-11-,18-16-,19-17-,24-22-,25-23-,29-28-,32-31-,35-34-,40-38-,46-44-. The summed E-state index contributed by atoms with van der Waals surface area (Å²) in [6, 6.07) is 0. The Morgan fingerprint density at radius 3 is 1.06 bits per heavy atom. The van der Waals surface area contributed by atoms with E-state index in [0.717, 1.165) is 116 Å². The zero-order chi connectivity index (χ0) is 55.9. The van der Waals surface area contributed by atoms with Crippen molar-refractivity contribution in [3.05, 3.63) is 134 Å². The van der Waals surface area contributed by atoms with Gasteiger partial charge in [0.1, 0.15) is 6.61 Å². The molecule has 0 heterocycles. The van der Waals surface area contributed by atoms with Crippen LogP contribution in [-0.4, -0.2) is 49.3 Å². The van der Waals surface area contributed by atoms with Crippen LogP contribution in [0, 0.1) is 0 Å². The third kappa shape index (κ3) is 61.2. The predicted octanol–water partition coefficient (Wildman–Crippen LogP) is 19.7. The molecule has 0 rings (SSSR count). The lowest BCUT2D eigenvalue weighted by atomic mass is 10.0. The van der Waals surface area contributed by atoms with Crippen LogP contribution in [0.25, 0.3) is 0 Å². The van der Waals surface area contributed by atoms with Gasteiger partial charge in [-0.25, -0.2) is 4.57 Å². The van der Waals surface area contributed by atoms with Crippen molar-refractivity contribution in [1.82, 2.24) is 0 Å². The van der Waals surface area contributed by atoms with Gasteiger partial charge in [0.05, 0.1) is 13.2 Å². The second-order valence-corrected chi connectivity index (χ2v) is 21.3. The number of ether oxygens (including phenoxy) is 2. The summed E-state index contributed by atoms with van der Waals surface area (Å²) >= 11 is 0. The Labute approximate surface area is 472 Å². The minimum Gasteiger partial charge on any atom is -0.462 e. The van der Waals surface area contributed by atoms with Gasteiger partial charge in [-0.3, -0.25) is 18.6 Å². The molecule has 0 saturated heterocycles. The Kier molecular flexibility index (Phi) is 58.3. The Morgan fingerprint density at radius 1 is 0.403 bits per heavy atom. The summed E-state index contributed by atoms with van der Waals surface area (Å²) in [6.07, 6.45) is 86.5. The number of phosphoric ester groups is 1. The van der Waals surface area contributed by atoms with Gasteiger partial charge in [-0.15, -0.1) is 0 Å². The number of rotatable bonds is 56. The summed E-state index contributed by atoms with van der Waals surface area (Å²) < 4.78 is 33.1. The highest BCUT2D eigenvalue weighted by molar-refractivity contribution is 7.47. The Hall–Kier alpha value is -3.85. The van der Waals surface area contributed by atoms with Gasteiger partial charge in [0.2, 0.25) is 0 Å². The molecule has 0 radical (unpaired) electrons. The first-order valence-electron chi connectivity index (χ1n) is 30.7. The Morgan fingerprint density at radius 2 is 0.714 bits per heavy atom. The summed E-state index contributed by atoms with van der Waals surface area (Å²) in [5.41, 5.74) is 5.38. The van der Waals surface area contributed by atoms with E-state index in [9.17, 15) is 19.0 Å². The van der Waals surface area contributed by atoms with Crippen LogP contribution in [0.4, 0.5) is 0 Å². The number of unbranched alkanes of at least 4 members (excludes halogenated alkanes) is 21. The zero-order valence-electron chi connectivity index (χ0n) is 48.9. The van der Waals surface area contributed by atoms with E-state index in [2.05, 4.69) is 148 Å². The van der Waals surface area contributed by atoms with E-state index in [-0.39, 0.29) is 32.6 Å². The van der Waals surface area contributed by atoms with Gasteiger partial charge < -0.3 is 20.1 Å². The third-order valence-electron chi connectivity index (χ3n) is 12.5. The molecular weight excluding hydrogens is 978 g/mol. The van der Waals surface area contributed by atoms with Crippen molar-refractivity contribution in [2.24, 2.45) is 5.73 Å². The predicted molar refractivity (Wildman–Crippen MR) is 330 cm³/mol. The minimum atomic E-state index is -4.41. The largest absolute Gasteiger partial charge is 0.472 e. The van der Waals surface area contributed by atoms with Gasteiger partial charge in [-0.2, -0.15) is 0 Å². The molecule has 0 bridgehead atoms. The molecule has 438 valence electrons. The molecular formula is C67H112NO8P. The molecule has 0 aromatic rings. The number of allylic oxidation sites excluding steroid dienone is 22. The van der Waals surface area contributed by atoms with Crippen LogP contribution in [0.5, 0.6) is 0 Å². The van der Waals surface area contributed by atoms with Crippen molar-refractivity contribution in [2.75, 3.05) is 26.4 Å². The fraction of sp³-hybridized carbons (Fsp3) is 0.642. The van der Waals surface area contributed by atoms with E-state index in [1.807, 2.05) is 0 Å². The van der Waals surface area contributed by atoms with E-state index < -0.39 is 32.5 Å². The van der Waals surface area contributed by atoms with Gasteiger partial charge in [-0.1, -0.05) is 250 Å². The van der Waals surface area contributed by atoms with E-state index >= 15 is 0 Å². The number of hydrogen-bond donors (Lipinski definition) is 2. The van der Waals surface area contributed by atoms with Crippen LogP contribution < -0.4 is 5.73 Å². The van der Waals surface area contributed by atoms with E-state index in [0.29, 0.717) is 6.42 Å². The average molecular weight is 1090 g/mol. The molecule has 0 aliphatic carbocycles. The molecule has 9 nitrogen and oxygen atoms in total. The molecule has 2 unspecified atom stereocenters. The summed E-state index contributed by atoms with van der Waals surface area (Å²) in [5.74, 6) is -0.858. The van der Waals surface area contributed by atoms with Gasteiger partial charge in [0.15, 0.2) is 6.10 Å². The smallest absolute Gasteiger partial charge is 0.462 e.